The van der Waals surface area contributed by atoms with Crippen molar-refractivity contribution in [2.45, 2.75) is 38.1 Å². The van der Waals surface area contributed by atoms with E-state index in [1.807, 2.05) is 14.1 Å². The predicted octanol–water partition coefficient (Wildman–Crippen LogP) is 2.78. The molecule has 1 aliphatic carbocycles. The van der Waals surface area contributed by atoms with Gasteiger partial charge in [0.15, 0.2) is 0 Å². The summed E-state index contributed by atoms with van der Waals surface area (Å²) in [4.78, 5) is 19.4. The second kappa shape index (κ2) is 5.92. The van der Waals surface area contributed by atoms with E-state index in [0.29, 0.717) is 17.4 Å². The molecule has 4 heteroatoms. The van der Waals surface area contributed by atoms with Crippen molar-refractivity contribution in [2.24, 2.45) is 5.92 Å². The Morgan fingerprint density at radius 3 is 2.60 bits per heavy atom. The molecule has 2 rings (SSSR count). The Bertz CT molecular complexity index is 477. The smallest absolute Gasteiger partial charge is 0.205 e. The molecule has 4 nitrogen and oxygen atoms in total. The SMILES string of the molecule is COc1cccnc1C(=O)C1(N(C)C)CCC(C)CC1. The fraction of sp³-hybridized carbons (Fsp3) is 0.625. The Labute approximate surface area is 121 Å². The van der Waals surface area contributed by atoms with E-state index in [2.05, 4.69) is 16.8 Å². The quantitative estimate of drug-likeness (QED) is 0.793. The number of rotatable bonds is 4. The lowest BCUT2D eigenvalue weighted by molar-refractivity contribution is 0.0504. The minimum atomic E-state index is -0.436. The van der Waals surface area contributed by atoms with Crippen molar-refractivity contribution in [1.82, 2.24) is 9.88 Å². The number of hydrogen-bond acceptors (Lipinski definition) is 4. The molecule has 1 aromatic heterocycles. The Kier molecular flexibility index (Phi) is 4.43. The number of methoxy groups -OCH3 is 1. The number of hydrogen-bond donors (Lipinski definition) is 0. The Morgan fingerprint density at radius 2 is 2.05 bits per heavy atom. The van der Waals surface area contributed by atoms with Gasteiger partial charge < -0.3 is 4.74 Å². The topological polar surface area (TPSA) is 42.4 Å². The number of carbonyl (C=O) groups is 1. The molecule has 0 amide bonds. The van der Waals surface area contributed by atoms with Crippen LogP contribution in [-0.4, -0.2) is 42.4 Å². The van der Waals surface area contributed by atoms with Crippen molar-refractivity contribution in [1.29, 1.82) is 0 Å². The van der Waals surface area contributed by atoms with E-state index in [0.717, 1.165) is 25.7 Å². The van der Waals surface area contributed by atoms with Gasteiger partial charge in [0.25, 0.3) is 0 Å². The van der Waals surface area contributed by atoms with E-state index in [1.165, 1.54) is 0 Å². The summed E-state index contributed by atoms with van der Waals surface area (Å²) in [6.07, 6.45) is 5.60. The van der Waals surface area contributed by atoms with Crippen molar-refractivity contribution >= 4 is 5.78 Å². The minimum Gasteiger partial charge on any atom is -0.494 e. The van der Waals surface area contributed by atoms with E-state index < -0.39 is 5.54 Å². The normalized spacial score (nSPS) is 26.6. The fourth-order valence-corrected chi connectivity index (χ4v) is 3.06. The van der Waals surface area contributed by atoms with Gasteiger partial charge in [-0.15, -0.1) is 0 Å². The van der Waals surface area contributed by atoms with Crippen LogP contribution >= 0.6 is 0 Å². The average molecular weight is 276 g/mol. The third kappa shape index (κ3) is 2.57. The highest BCUT2D eigenvalue weighted by Gasteiger charge is 2.44. The molecular formula is C16H24N2O2. The van der Waals surface area contributed by atoms with Crippen LogP contribution in [0.15, 0.2) is 18.3 Å². The Hall–Kier alpha value is -1.42. The Morgan fingerprint density at radius 1 is 1.40 bits per heavy atom. The first-order valence-electron chi connectivity index (χ1n) is 7.22. The number of carbonyl (C=O) groups excluding carboxylic acids is 1. The third-order valence-corrected chi connectivity index (χ3v) is 4.59. The van der Waals surface area contributed by atoms with Gasteiger partial charge in [-0.2, -0.15) is 0 Å². The van der Waals surface area contributed by atoms with E-state index in [4.69, 9.17) is 4.74 Å². The lowest BCUT2D eigenvalue weighted by atomic mass is 9.73. The van der Waals surface area contributed by atoms with Crippen LogP contribution in [-0.2, 0) is 0 Å². The van der Waals surface area contributed by atoms with E-state index in [-0.39, 0.29) is 5.78 Å². The van der Waals surface area contributed by atoms with Crippen LogP contribution in [0.2, 0.25) is 0 Å². The molecule has 1 aliphatic rings. The first kappa shape index (κ1) is 15.0. The number of nitrogens with zero attached hydrogens (tertiary/aromatic N) is 2. The summed E-state index contributed by atoms with van der Waals surface area (Å²) in [6.45, 7) is 2.26. The summed E-state index contributed by atoms with van der Waals surface area (Å²) < 4.78 is 5.30. The molecule has 1 aromatic rings. The lowest BCUT2D eigenvalue weighted by Crippen LogP contribution is -2.53. The van der Waals surface area contributed by atoms with Crippen LogP contribution < -0.4 is 4.74 Å². The Balaban J connectivity index is 2.37. The van der Waals surface area contributed by atoms with Gasteiger partial charge in [0.2, 0.25) is 5.78 Å². The number of ketones is 1. The molecule has 0 bridgehead atoms. The van der Waals surface area contributed by atoms with Crippen molar-refractivity contribution < 1.29 is 9.53 Å². The maximum atomic E-state index is 13.1. The molecule has 0 spiro atoms. The largest absolute Gasteiger partial charge is 0.494 e. The van der Waals surface area contributed by atoms with Crippen molar-refractivity contribution in [3.63, 3.8) is 0 Å². The molecule has 0 unspecified atom stereocenters. The molecule has 1 fully saturated rings. The van der Waals surface area contributed by atoms with Crippen LogP contribution in [0.1, 0.15) is 43.1 Å². The summed E-state index contributed by atoms with van der Waals surface area (Å²) in [5.74, 6) is 1.35. The molecule has 0 radical (unpaired) electrons. The third-order valence-electron chi connectivity index (χ3n) is 4.59. The van der Waals surface area contributed by atoms with E-state index in [9.17, 15) is 4.79 Å². The van der Waals surface area contributed by atoms with Gasteiger partial charge in [-0.3, -0.25) is 9.69 Å². The van der Waals surface area contributed by atoms with Crippen LogP contribution in [0.3, 0.4) is 0 Å². The van der Waals surface area contributed by atoms with Crippen LogP contribution in [0.5, 0.6) is 5.75 Å². The second-order valence-corrected chi connectivity index (χ2v) is 5.99. The van der Waals surface area contributed by atoms with Gasteiger partial charge in [-0.25, -0.2) is 4.98 Å². The van der Waals surface area contributed by atoms with Gasteiger partial charge in [0.1, 0.15) is 11.4 Å². The highest BCUT2D eigenvalue weighted by atomic mass is 16.5. The molecule has 20 heavy (non-hydrogen) atoms. The second-order valence-electron chi connectivity index (χ2n) is 5.99. The first-order valence-corrected chi connectivity index (χ1v) is 7.22. The fourth-order valence-electron chi connectivity index (χ4n) is 3.06. The zero-order chi connectivity index (χ0) is 14.8. The molecule has 0 aliphatic heterocycles. The van der Waals surface area contributed by atoms with Gasteiger partial charge in [0.05, 0.1) is 12.6 Å². The summed E-state index contributed by atoms with van der Waals surface area (Å²) in [5.41, 5.74) is 0.0204. The number of Topliss-reactive ketones (excluding diaryl/α,β-unsaturated/α-hetero) is 1. The number of pyridine rings is 1. The molecule has 0 N–H and O–H groups in total. The summed E-state index contributed by atoms with van der Waals surface area (Å²) in [6, 6.07) is 3.59. The minimum absolute atomic E-state index is 0.0897. The molecule has 0 saturated heterocycles. The summed E-state index contributed by atoms with van der Waals surface area (Å²) in [7, 11) is 5.56. The highest BCUT2D eigenvalue weighted by Crippen LogP contribution is 2.38. The van der Waals surface area contributed by atoms with Crippen LogP contribution in [0.25, 0.3) is 0 Å². The van der Waals surface area contributed by atoms with Crippen molar-refractivity contribution in [3.8, 4) is 5.75 Å². The van der Waals surface area contributed by atoms with Gasteiger partial charge >= 0.3 is 0 Å². The van der Waals surface area contributed by atoms with E-state index in [1.54, 1.807) is 25.4 Å². The maximum Gasteiger partial charge on any atom is 0.205 e. The molecule has 0 aromatic carbocycles. The summed E-state index contributed by atoms with van der Waals surface area (Å²) >= 11 is 0. The molecular weight excluding hydrogens is 252 g/mol. The van der Waals surface area contributed by atoms with Crippen molar-refractivity contribution in [2.75, 3.05) is 21.2 Å². The van der Waals surface area contributed by atoms with Crippen molar-refractivity contribution in [3.05, 3.63) is 24.0 Å². The van der Waals surface area contributed by atoms with E-state index >= 15 is 0 Å². The number of ether oxygens (including phenoxy) is 1. The van der Waals surface area contributed by atoms with Crippen LogP contribution in [0.4, 0.5) is 0 Å². The first-order chi connectivity index (χ1) is 9.51. The average Bonchev–Trinajstić information content (AvgIpc) is 2.47. The molecule has 1 saturated carbocycles. The maximum absolute atomic E-state index is 13.1. The predicted molar refractivity (Wildman–Crippen MR) is 79.2 cm³/mol. The van der Waals surface area contributed by atoms with Crippen LogP contribution in [0, 0.1) is 5.92 Å². The zero-order valence-corrected chi connectivity index (χ0v) is 12.8. The summed E-state index contributed by atoms with van der Waals surface area (Å²) in [5, 5.41) is 0. The monoisotopic (exact) mass is 276 g/mol. The van der Waals surface area contributed by atoms with Gasteiger partial charge in [0, 0.05) is 6.20 Å². The number of likely N-dealkylation sites (N-methyl/N-ethyl adjacent to an activating group) is 1. The molecule has 1 heterocycles. The highest BCUT2D eigenvalue weighted by molar-refractivity contribution is 6.03. The van der Waals surface area contributed by atoms with Gasteiger partial charge in [-0.1, -0.05) is 6.92 Å². The lowest BCUT2D eigenvalue weighted by Gasteiger charge is -2.43. The molecule has 110 valence electrons. The standard InChI is InChI=1S/C16H24N2O2/c1-12-7-9-16(10-8-12,18(2)3)15(19)14-13(20-4)6-5-11-17-14/h5-6,11-12H,7-10H2,1-4H3. The van der Waals surface area contributed by atoms with Gasteiger partial charge in [-0.05, 0) is 57.8 Å². The molecule has 0 atom stereocenters. The zero-order valence-electron chi connectivity index (χ0n) is 12.8. The number of aromatic nitrogens is 1.